The summed E-state index contributed by atoms with van der Waals surface area (Å²) in [6.07, 6.45) is 2.17. The number of anilines is 1. The first kappa shape index (κ1) is 20.1. The van der Waals surface area contributed by atoms with Crippen molar-refractivity contribution in [3.63, 3.8) is 0 Å². The number of thioether (sulfide) groups is 1. The molecule has 2 aromatic heterocycles. The van der Waals surface area contributed by atoms with E-state index in [0.29, 0.717) is 12.3 Å². The van der Waals surface area contributed by atoms with Gasteiger partial charge in [0.1, 0.15) is 11.4 Å². The van der Waals surface area contributed by atoms with Crippen LogP contribution in [0.5, 0.6) is 0 Å². The molecule has 4 rings (SSSR count). The normalized spacial score (nSPS) is 14.6. The van der Waals surface area contributed by atoms with Crippen molar-refractivity contribution < 1.29 is 9.21 Å². The van der Waals surface area contributed by atoms with E-state index >= 15 is 0 Å². The molecule has 1 aliphatic rings. The summed E-state index contributed by atoms with van der Waals surface area (Å²) >= 11 is 1.03. The van der Waals surface area contributed by atoms with E-state index in [1.54, 1.807) is 0 Å². The number of aromatic amines is 1. The van der Waals surface area contributed by atoms with Crippen molar-refractivity contribution >= 4 is 23.4 Å². The lowest BCUT2D eigenvalue weighted by molar-refractivity contribution is 0.102. The molecular weight excluding hydrogens is 406 g/mol. The fraction of sp³-hybridized carbons (Fsp3) is 0.350. The van der Waals surface area contributed by atoms with E-state index in [1.807, 2.05) is 30.3 Å². The van der Waals surface area contributed by atoms with Gasteiger partial charge in [-0.05, 0) is 24.3 Å². The number of nitrogens with zero attached hydrogens (tertiary/aromatic N) is 3. The number of nitrogen functional groups attached to an aromatic ring is 1. The predicted octanol–water partition coefficient (Wildman–Crippen LogP) is 2.16. The van der Waals surface area contributed by atoms with Crippen LogP contribution in [0.2, 0.25) is 0 Å². The average molecular weight is 427 g/mol. The maximum absolute atomic E-state index is 12.6. The Balaban J connectivity index is 1.42. The van der Waals surface area contributed by atoms with Gasteiger partial charge in [0.2, 0.25) is 5.89 Å². The second-order valence-electron chi connectivity index (χ2n) is 7.31. The van der Waals surface area contributed by atoms with Crippen LogP contribution in [0, 0.1) is 0 Å². The third kappa shape index (κ3) is 4.23. The van der Waals surface area contributed by atoms with Gasteiger partial charge in [-0.1, -0.05) is 49.0 Å². The smallest absolute Gasteiger partial charge is 0.330 e. The average Bonchev–Trinajstić information content (AvgIpc) is 3.45. The van der Waals surface area contributed by atoms with E-state index in [-0.39, 0.29) is 34.3 Å². The van der Waals surface area contributed by atoms with Crippen LogP contribution >= 0.6 is 11.8 Å². The van der Waals surface area contributed by atoms with Crippen LogP contribution in [0.3, 0.4) is 0 Å². The lowest BCUT2D eigenvalue weighted by atomic mass is 9.98. The highest BCUT2D eigenvalue weighted by Gasteiger charge is 2.30. The molecule has 1 unspecified atom stereocenters. The van der Waals surface area contributed by atoms with Crippen molar-refractivity contribution in [3.8, 4) is 0 Å². The summed E-state index contributed by atoms with van der Waals surface area (Å²) in [6.45, 7) is 2.07. The van der Waals surface area contributed by atoms with Gasteiger partial charge < -0.3 is 10.2 Å². The van der Waals surface area contributed by atoms with Crippen LogP contribution in [-0.4, -0.2) is 31.3 Å². The van der Waals surface area contributed by atoms with Gasteiger partial charge >= 0.3 is 5.69 Å². The number of nitrogens with two attached hydrogens (primary N) is 1. The first-order valence-electron chi connectivity index (χ1n) is 9.61. The molecule has 2 heterocycles. The molecule has 3 aromatic rings. The topological polar surface area (TPSA) is 137 Å². The Morgan fingerprint density at radius 2 is 2.03 bits per heavy atom. The number of hydrogen-bond donors (Lipinski definition) is 2. The molecule has 1 aromatic carbocycles. The van der Waals surface area contributed by atoms with Crippen LogP contribution < -0.4 is 17.0 Å². The molecule has 156 valence electrons. The van der Waals surface area contributed by atoms with Gasteiger partial charge in [-0.25, -0.2) is 4.79 Å². The minimum absolute atomic E-state index is 0.0568. The summed E-state index contributed by atoms with van der Waals surface area (Å²) < 4.78 is 6.92. The van der Waals surface area contributed by atoms with Gasteiger partial charge in [-0.15, -0.1) is 10.2 Å². The van der Waals surface area contributed by atoms with Crippen LogP contribution in [0.1, 0.15) is 53.5 Å². The van der Waals surface area contributed by atoms with E-state index < -0.39 is 17.0 Å². The first-order chi connectivity index (χ1) is 14.4. The molecule has 0 radical (unpaired) electrons. The number of ketones is 1. The first-order valence-corrected chi connectivity index (χ1v) is 10.6. The third-order valence-corrected chi connectivity index (χ3v) is 5.82. The predicted molar refractivity (Wildman–Crippen MR) is 112 cm³/mol. The summed E-state index contributed by atoms with van der Waals surface area (Å²) in [4.78, 5) is 38.9. The van der Waals surface area contributed by atoms with E-state index in [4.69, 9.17) is 10.2 Å². The van der Waals surface area contributed by atoms with E-state index in [9.17, 15) is 14.4 Å². The van der Waals surface area contributed by atoms with Crippen LogP contribution in [0.4, 0.5) is 5.82 Å². The molecule has 0 bridgehead atoms. The molecule has 1 saturated carbocycles. The largest absolute Gasteiger partial charge is 0.416 e. The Kier molecular flexibility index (Phi) is 5.58. The number of Topliss-reactive ketones (excluding diaryl/α,β-unsaturated/α-hetero) is 1. The zero-order chi connectivity index (χ0) is 21.3. The summed E-state index contributed by atoms with van der Waals surface area (Å²) in [5.74, 6) is -0.00864. The van der Waals surface area contributed by atoms with Crippen molar-refractivity contribution in [1.29, 1.82) is 0 Å². The van der Waals surface area contributed by atoms with E-state index in [0.717, 1.165) is 24.6 Å². The van der Waals surface area contributed by atoms with E-state index in [1.165, 1.54) is 10.1 Å². The van der Waals surface area contributed by atoms with Gasteiger partial charge in [0.05, 0.1) is 5.75 Å². The second kappa shape index (κ2) is 8.31. The number of benzene rings is 1. The quantitative estimate of drug-likeness (QED) is 0.412. The summed E-state index contributed by atoms with van der Waals surface area (Å²) in [5.41, 5.74) is 5.58. The maximum atomic E-state index is 12.6. The number of nitrogens with one attached hydrogen (secondary N) is 1. The van der Waals surface area contributed by atoms with Gasteiger partial charge in [-0.3, -0.25) is 19.1 Å². The van der Waals surface area contributed by atoms with Crippen LogP contribution in [0.15, 0.2) is 49.6 Å². The van der Waals surface area contributed by atoms with Gasteiger partial charge in [0.25, 0.3) is 10.8 Å². The standard InChI is InChI=1S/C20H21N5O4S/c1-11(12-5-3-2-4-6-12)9-15-23-24-20(29-15)30-10-14(26)16-17(21)25(13-7-8-13)19(28)22-18(16)27/h2-6,11,13H,7-10,21H2,1H3,(H,22,27,28). The number of H-pyrrole nitrogens is 1. The van der Waals surface area contributed by atoms with Gasteiger partial charge in [0.15, 0.2) is 5.78 Å². The van der Waals surface area contributed by atoms with Crippen molar-refractivity contribution in [2.24, 2.45) is 0 Å². The summed E-state index contributed by atoms with van der Waals surface area (Å²) in [7, 11) is 0. The van der Waals surface area contributed by atoms with Gasteiger partial charge in [-0.2, -0.15) is 0 Å². The molecule has 30 heavy (non-hydrogen) atoms. The monoisotopic (exact) mass is 427 g/mol. The Morgan fingerprint density at radius 1 is 1.30 bits per heavy atom. The molecule has 0 amide bonds. The minimum atomic E-state index is -0.775. The molecule has 0 spiro atoms. The number of rotatable bonds is 8. The van der Waals surface area contributed by atoms with Crippen LogP contribution in [-0.2, 0) is 6.42 Å². The highest BCUT2D eigenvalue weighted by molar-refractivity contribution is 7.99. The Labute approximate surface area is 175 Å². The van der Waals surface area contributed by atoms with Crippen LogP contribution in [0.25, 0.3) is 0 Å². The fourth-order valence-corrected chi connectivity index (χ4v) is 3.92. The third-order valence-electron chi connectivity index (χ3n) is 5.00. The molecule has 9 nitrogen and oxygen atoms in total. The van der Waals surface area contributed by atoms with Gasteiger partial charge in [0, 0.05) is 12.5 Å². The van der Waals surface area contributed by atoms with E-state index in [2.05, 4.69) is 22.1 Å². The zero-order valence-electron chi connectivity index (χ0n) is 16.3. The highest BCUT2D eigenvalue weighted by atomic mass is 32.2. The summed E-state index contributed by atoms with van der Waals surface area (Å²) in [6, 6.07) is 9.94. The Morgan fingerprint density at radius 3 is 2.73 bits per heavy atom. The highest BCUT2D eigenvalue weighted by Crippen LogP contribution is 2.35. The second-order valence-corrected chi connectivity index (χ2v) is 8.24. The molecular formula is C20H21N5O4S. The minimum Gasteiger partial charge on any atom is -0.416 e. The number of carbonyl (C=O) groups is 1. The molecule has 0 aliphatic heterocycles. The zero-order valence-corrected chi connectivity index (χ0v) is 17.1. The SMILES string of the molecule is CC(Cc1nnc(SCC(=O)c2c(N)n(C3CC3)c(=O)[nH]c2=O)o1)c1ccccc1. The number of aromatic nitrogens is 4. The molecule has 1 aliphatic carbocycles. The molecule has 3 N–H and O–H groups in total. The number of carbonyl (C=O) groups excluding carboxylic acids is 1. The van der Waals surface area contributed by atoms with Crippen molar-refractivity contribution in [2.75, 3.05) is 11.5 Å². The van der Waals surface area contributed by atoms with Crippen molar-refractivity contribution in [3.05, 3.63) is 68.2 Å². The van der Waals surface area contributed by atoms with Crippen molar-refractivity contribution in [1.82, 2.24) is 19.7 Å². The Bertz CT molecular complexity index is 1180. The molecule has 0 saturated heterocycles. The number of hydrogen-bond acceptors (Lipinski definition) is 8. The maximum Gasteiger partial charge on any atom is 0.330 e. The summed E-state index contributed by atoms with van der Waals surface area (Å²) in [5, 5.41) is 8.24. The fourth-order valence-electron chi connectivity index (χ4n) is 3.27. The lowest BCUT2D eigenvalue weighted by Gasteiger charge is -2.10. The molecule has 1 fully saturated rings. The molecule has 1 atom stereocenters. The van der Waals surface area contributed by atoms with Crippen molar-refractivity contribution in [2.45, 2.75) is 43.4 Å². The molecule has 10 heteroatoms. The lowest BCUT2D eigenvalue weighted by Crippen LogP contribution is -2.36. The Hall–Kier alpha value is -3.14.